The van der Waals surface area contributed by atoms with Gasteiger partial charge in [0.25, 0.3) is 11.7 Å². The van der Waals surface area contributed by atoms with Crippen molar-refractivity contribution in [2.45, 2.75) is 44.3 Å². The van der Waals surface area contributed by atoms with Gasteiger partial charge in [-0.3, -0.25) is 4.79 Å². The monoisotopic (exact) mass is 344 g/mol. The highest BCUT2D eigenvalue weighted by atomic mass is 16.7. The van der Waals surface area contributed by atoms with E-state index in [1.807, 2.05) is 29.2 Å². The average molecular weight is 344 g/mol. The van der Waals surface area contributed by atoms with Gasteiger partial charge in [-0.05, 0) is 24.4 Å². The maximum Gasteiger partial charge on any atom is 0.292 e. The third-order valence-corrected chi connectivity index (χ3v) is 4.72. The first-order valence-corrected chi connectivity index (χ1v) is 9.00. The zero-order chi connectivity index (χ0) is 17.5. The molecule has 0 bridgehead atoms. The summed E-state index contributed by atoms with van der Waals surface area (Å²) in [6.45, 7) is 2.16. The molecule has 2 aliphatic rings. The second-order valence-corrected chi connectivity index (χ2v) is 6.36. The summed E-state index contributed by atoms with van der Waals surface area (Å²) < 4.78 is 11.4. The van der Waals surface area contributed by atoms with Crippen LogP contribution in [0.1, 0.15) is 44.1 Å². The molecule has 0 saturated carbocycles. The number of anilines is 1. The molecule has 3 rings (SSSR count). The molecule has 1 amide bonds. The van der Waals surface area contributed by atoms with Crippen molar-refractivity contribution in [3.8, 4) is 0 Å². The summed E-state index contributed by atoms with van der Waals surface area (Å²) in [5.74, 6) is -1.31. The number of para-hydroxylation sites is 1. The fourth-order valence-corrected chi connectivity index (χ4v) is 3.51. The molecule has 7 heteroatoms. The maximum atomic E-state index is 12.9. The van der Waals surface area contributed by atoms with Crippen molar-refractivity contribution < 1.29 is 14.3 Å². The van der Waals surface area contributed by atoms with E-state index in [1.54, 1.807) is 0 Å². The van der Waals surface area contributed by atoms with Crippen LogP contribution in [0.5, 0.6) is 0 Å². The molecule has 2 aliphatic heterocycles. The summed E-state index contributed by atoms with van der Waals surface area (Å²) in [5, 5.41) is 3.54. The first-order chi connectivity index (χ1) is 12.3. The van der Waals surface area contributed by atoms with Crippen LogP contribution in [0.2, 0.25) is 0 Å². The fraction of sp³-hybridized carbons (Fsp3) is 0.611. The van der Waals surface area contributed by atoms with E-state index in [-0.39, 0.29) is 5.91 Å². The third kappa shape index (κ3) is 3.63. The molecule has 134 valence electrons. The number of rotatable bonds is 9. The smallest absolute Gasteiger partial charge is 0.292 e. The normalized spacial score (nSPS) is 17.8. The van der Waals surface area contributed by atoms with Gasteiger partial charge in [0.15, 0.2) is 0 Å². The zero-order valence-electron chi connectivity index (χ0n) is 14.4. The van der Waals surface area contributed by atoms with Crippen LogP contribution < -0.4 is 4.90 Å². The molecule has 0 radical (unpaired) electrons. The summed E-state index contributed by atoms with van der Waals surface area (Å²) in [4.78, 5) is 17.4. The molecule has 1 fully saturated rings. The molecule has 0 atom stereocenters. The van der Waals surface area contributed by atoms with Gasteiger partial charge >= 0.3 is 0 Å². The van der Waals surface area contributed by atoms with E-state index in [2.05, 4.69) is 10.0 Å². The first kappa shape index (κ1) is 17.7. The molecule has 0 unspecified atom stereocenters. The second kappa shape index (κ2) is 8.34. The lowest BCUT2D eigenvalue weighted by Gasteiger charge is -2.22. The van der Waals surface area contributed by atoms with Gasteiger partial charge in [0, 0.05) is 23.6 Å². The molecule has 1 spiro atoms. The Bertz CT molecular complexity index is 651. The molecule has 0 aromatic heterocycles. The van der Waals surface area contributed by atoms with Crippen molar-refractivity contribution in [2.24, 2.45) is 5.11 Å². The van der Waals surface area contributed by atoms with Crippen molar-refractivity contribution in [1.82, 2.24) is 0 Å². The van der Waals surface area contributed by atoms with Crippen LogP contribution in [-0.2, 0) is 20.1 Å². The van der Waals surface area contributed by atoms with Gasteiger partial charge in [-0.15, -0.1) is 0 Å². The van der Waals surface area contributed by atoms with Gasteiger partial charge in [-0.1, -0.05) is 49.0 Å². The topological polar surface area (TPSA) is 87.5 Å². The van der Waals surface area contributed by atoms with Crippen LogP contribution in [0.4, 0.5) is 5.69 Å². The van der Waals surface area contributed by atoms with Crippen LogP contribution in [0.15, 0.2) is 29.4 Å². The Morgan fingerprint density at radius 2 is 1.76 bits per heavy atom. The SMILES string of the molecule is [N-]=[N+]=NCCCCCCCCN1C(=O)C2(OCCO2)c2ccccc21. The number of unbranched alkanes of at least 4 members (excludes halogenated alkanes) is 5. The molecular formula is C18H24N4O3. The summed E-state index contributed by atoms with van der Waals surface area (Å²) in [7, 11) is 0. The van der Waals surface area contributed by atoms with Crippen LogP contribution in [0.3, 0.4) is 0 Å². The van der Waals surface area contributed by atoms with Crippen LogP contribution in [0, 0.1) is 0 Å². The van der Waals surface area contributed by atoms with Crippen molar-refractivity contribution in [3.63, 3.8) is 0 Å². The number of azide groups is 1. The fourth-order valence-electron chi connectivity index (χ4n) is 3.51. The summed E-state index contributed by atoms with van der Waals surface area (Å²) in [5.41, 5.74) is 9.95. The first-order valence-electron chi connectivity index (χ1n) is 9.00. The van der Waals surface area contributed by atoms with E-state index >= 15 is 0 Å². The van der Waals surface area contributed by atoms with E-state index < -0.39 is 5.79 Å². The Morgan fingerprint density at radius 3 is 2.52 bits per heavy atom. The Morgan fingerprint density at radius 1 is 1.08 bits per heavy atom. The van der Waals surface area contributed by atoms with Gasteiger partial charge in [0.2, 0.25) is 0 Å². The molecule has 1 saturated heterocycles. The van der Waals surface area contributed by atoms with E-state index in [0.29, 0.717) is 26.3 Å². The minimum Gasteiger partial charge on any atom is -0.336 e. The predicted octanol–water partition coefficient (Wildman–Crippen LogP) is 3.88. The Kier molecular flexibility index (Phi) is 5.91. The van der Waals surface area contributed by atoms with Gasteiger partial charge in [0.05, 0.1) is 18.9 Å². The molecule has 7 nitrogen and oxygen atoms in total. The van der Waals surface area contributed by atoms with Crippen molar-refractivity contribution in [1.29, 1.82) is 0 Å². The summed E-state index contributed by atoms with van der Waals surface area (Å²) >= 11 is 0. The number of benzene rings is 1. The quantitative estimate of drug-likeness (QED) is 0.295. The standard InChI is InChI=1S/C18H24N4O3/c19-21-20-11-7-3-1-2-4-8-12-22-16-10-6-5-9-15(16)18(17(22)23)24-13-14-25-18/h5-6,9-10H,1-4,7-8,11-14H2. The van der Waals surface area contributed by atoms with Crippen molar-refractivity contribution >= 4 is 11.6 Å². The van der Waals surface area contributed by atoms with E-state index in [0.717, 1.165) is 49.8 Å². The second-order valence-electron chi connectivity index (χ2n) is 6.36. The van der Waals surface area contributed by atoms with E-state index in [9.17, 15) is 4.79 Å². The van der Waals surface area contributed by atoms with E-state index in [4.69, 9.17) is 15.0 Å². The number of ether oxygens (including phenoxy) is 2. The third-order valence-electron chi connectivity index (χ3n) is 4.72. The highest BCUT2D eigenvalue weighted by Crippen LogP contribution is 2.45. The van der Waals surface area contributed by atoms with Gasteiger partial charge in [0.1, 0.15) is 0 Å². The molecule has 1 aromatic rings. The number of amides is 1. The summed E-state index contributed by atoms with van der Waals surface area (Å²) in [6, 6.07) is 7.74. The number of nitrogens with zero attached hydrogens (tertiary/aromatic N) is 4. The number of fused-ring (bicyclic) bond motifs is 2. The zero-order valence-corrected chi connectivity index (χ0v) is 14.4. The van der Waals surface area contributed by atoms with Gasteiger partial charge in [-0.2, -0.15) is 0 Å². The minimum absolute atomic E-state index is 0.0967. The molecule has 0 N–H and O–H groups in total. The average Bonchev–Trinajstić information content (AvgIpc) is 3.21. The Hall–Kier alpha value is -2.08. The Labute approximate surface area is 147 Å². The number of carbonyl (C=O) groups is 1. The molecule has 2 heterocycles. The van der Waals surface area contributed by atoms with Gasteiger partial charge in [-0.25, -0.2) is 0 Å². The predicted molar refractivity (Wildman–Crippen MR) is 94.1 cm³/mol. The summed E-state index contributed by atoms with van der Waals surface area (Å²) in [6.07, 6.45) is 6.29. The maximum absolute atomic E-state index is 12.9. The highest BCUT2D eigenvalue weighted by molar-refractivity contribution is 6.06. The van der Waals surface area contributed by atoms with E-state index in [1.165, 1.54) is 0 Å². The van der Waals surface area contributed by atoms with Crippen LogP contribution in [-0.4, -0.2) is 32.2 Å². The van der Waals surface area contributed by atoms with Gasteiger partial charge < -0.3 is 14.4 Å². The Balaban J connectivity index is 1.48. The number of hydrogen-bond donors (Lipinski definition) is 0. The lowest BCUT2D eigenvalue weighted by molar-refractivity contribution is -0.180. The minimum atomic E-state index is -1.21. The molecule has 0 aliphatic carbocycles. The van der Waals surface area contributed by atoms with Crippen LogP contribution in [0.25, 0.3) is 10.4 Å². The lowest BCUT2D eigenvalue weighted by Crippen LogP contribution is -2.41. The lowest BCUT2D eigenvalue weighted by atomic mass is 10.1. The van der Waals surface area contributed by atoms with Crippen LogP contribution >= 0.6 is 0 Å². The number of carbonyl (C=O) groups excluding carboxylic acids is 1. The molecule has 25 heavy (non-hydrogen) atoms. The largest absolute Gasteiger partial charge is 0.336 e. The highest BCUT2D eigenvalue weighted by Gasteiger charge is 2.55. The molecule has 1 aromatic carbocycles. The van der Waals surface area contributed by atoms with Crippen molar-refractivity contribution in [3.05, 3.63) is 40.3 Å². The molecular weight excluding hydrogens is 320 g/mol. The number of hydrogen-bond acceptors (Lipinski definition) is 4. The van der Waals surface area contributed by atoms with Crippen molar-refractivity contribution in [2.75, 3.05) is 31.2 Å².